The molecule has 1 aromatic rings. The Labute approximate surface area is 85.1 Å². The normalized spacial score (nSPS) is 10.5. The van der Waals surface area contributed by atoms with Crippen molar-refractivity contribution in [2.45, 2.75) is 46.6 Å². The summed E-state index contributed by atoms with van der Waals surface area (Å²) in [6.07, 6.45) is 2.45. The average Bonchev–Trinajstić information content (AvgIpc) is 2.60. The molecule has 0 saturated heterocycles. The number of aromatic nitrogens is 2. The molecule has 0 spiro atoms. The number of ketones is 1. The predicted octanol–water partition coefficient (Wildman–Crippen LogP) is 1.99. The molecule has 0 saturated carbocycles. The summed E-state index contributed by atoms with van der Waals surface area (Å²) in [6.45, 7) is 6.48. The summed E-state index contributed by atoms with van der Waals surface area (Å²) in [4.78, 5) is 11.3. The highest BCUT2D eigenvalue weighted by atomic mass is 16.1. The average molecular weight is 194 g/mol. The van der Waals surface area contributed by atoms with E-state index in [1.165, 1.54) is 0 Å². The van der Waals surface area contributed by atoms with Gasteiger partial charge in [0.1, 0.15) is 0 Å². The van der Waals surface area contributed by atoms with Gasteiger partial charge in [-0.25, -0.2) is 0 Å². The van der Waals surface area contributed by atoms with E-state index in [1.54, 1.807) is 0 Å². The molecule has 3 heteroatoms. The van der Waals surface area contributed by atoms with Crippen LogP contribution in [0.2, 0.25) is 0 Å². The van der Waals surface area contributed by atoms with Crippen LogP contribution in [0.3, 0.4) is 0 Å². The largest absolute Gasteiger partial charge is 0.298 e. The van der Waals surface area contributed by atoms with Crippen molar-refractivity contribution in [3.63, 3.8) is 0 Å². The zero-order valence-corrected chi connectivity index (χ0v) is 9.21. The van der Waals surface area contributed by atoms with E-state index in [4.69, 9.17) is 0 Å². The maximum Gasteiger partial charge on any atom is 0.154 e. The van der Waals surface area contributed by atoms with Crippen molar-refractivity contribution in [1.29, 1.82) is 0 Å². The third-order valence-corrected chi connectivity index (χ3v) is 2.36. The van der Waals surface area contributed by atoms with Crippen LogP contribution in [-0.4, -0.2) is 15.6 Å². The van der Waals surface area contributed by atoms with Gasteiger partial charge in [0, 0.05) is 12.1 Å². The fourth-order valence-corrected chi connectivity index (χ4v) is 1.39. The summed E-state index contributed by atoms with van der Waals surface area (Å²) >= 11 is 0. The first-order valence-electron chi connectivity index (χ1n) is 5.28. The molecule has 0 aliphatic carbocycles. The number of hydrogen-bond donors (Lipinski definition) is 0. The Kier molecular flexibility index (Phi) is 3.86. The summed E-state index contributed by atoms with van der Waals surface area (Å²) in [5, 5.41) is 4.38. The fraction of sp³-hybridized carbons (Fsp3) is 0.636. The highest BCUT2D eigenvalue weighted by molar-refractivity contribution is 5.77. The van der Waals surface area contributed by atoms with Gasteiger partial charge < -0.3 is 0 Å². The van der Waals surface area contributed by atoms with E-state index >= 15 is 0 Å². The summed E-state index contributed by atoms with van der Waals surface area (Å²) in [7, 11) is 0. The summed E-state index contributed by atoms with van der Waals surface area (Å²) < 4.78 is 1.84. The van der Waals surface area contributed by atoms with Crippen LogP contribution in [0.5, 0.6) is 0 Å². The molecule has 0 N–H and O–H groups in total. The van der Waals surface area contributed by atoms with Gasteiger partial charge in [-0.3, -0.25) is 9.48 Å². The van der Waals surface area contributed by atoms with Crippen LogP contribution in [0.15, 0.2) is 6.07 Å². The van der Waals surface area contributed by atoms with Crippen LogP contribution in [0, 0.1) is 0 Å². The second-order valence-corrected chi connectivity index (χ2v) is 3.38. The quantitative estimate of drug-likeness (QED) is 0.718. The number of rotatable bonds is 5. The van der Waals surface area contributed by atoms with E-state index < -0.39 is 0 Å². The molecule has 0 fully saturated rings. The third kappa shape index (κ3) is 2.44. The van der Waals surface area contributed by atoms with Gasteiger partial charge in [-0.1, -0.05) is 20.8 Å². The lowest BCUT2D eigenvalue weighted by molar-refractivity contribution is -0.119. The van der Waals surface area contributed by atoms with Crippen molar-refractivity contribution in [1.82, 2.24) is 9.78 Å². The van der Waals surface area contributed by atoms with Gasteiger partial charge in [0.05, 0.1) is 12.2 Å². The molecular weight excluding hydrogens is 176 g/mol. The lowest BCUT2D eigenvalue weighted by Crippen LogP contribution is -2.12. The van der Waals surface area contributed by atoms with Crippen molar-refractivity contribution < 1.29 is 4.79 Å². The van der Waals surface area contributed by atoms with Gasteiger partial charge in [0.15, 0.2) is 5.78 Å². The van der Waals surface area contributed by atoms with Crippen molar-refractivity contribution >= 4 is 5.78 Å². The van der Waals surface area contributed by atoms with E-state index in [9.17, 15) is 4.79 Å². The summed E-state index contributed by atoms with van der Waals surface area (Å²) in [6, 6.07) is 2.09. The molecule has 3 nitrogen and oxygen atoms in total. The highest BCUT2D eigenvalue weighted by Crippen LogP contribution is 2.06. The van der Waals surface area contributed by atoms with Crippen molar-refractivity contribution in [3.8, 4) is 0 Å². The minimum atomic E-state index is 0.241. The first-order chi connectivity index (χ1) is 6.71. The molecule has 0 aliphatic rings. The molecule has 1 aromatic heterocycles. The molecule has 78 valence electrons. The molecule has 1 heterocycles. The molecule has 0 radical (unpaired) electrons. The number of carbonyl (C=O) groups excluding carboxylic acids is 1. The summed E-state index contributed by atoms with van der Waals surface area (Å²) in [5.41, 5.74) is 2.23. The van der Waals surface area contributed by atoms with E-state index in [1.807, 2.05) is 11.6 Å². The Balaban J connectivity index is 2.83. The monoisotopic (exact) mass is 194 g/mol. The van der Waals surface area contributed by atoms with Gasteiger partial charge >= 0.3 is 0 Å². The zero-order chi connectivity index (χ0) is 10.6. The van der Waals surface area contributed by atoms with Crippen molar-refractivity contribution in [2.75, 3.05) is 0 Å². The molecule has 1 rings (SSSR count). The number of carbonyl (C=O) groups is 1. The van der Waals surface area contributed by atoms with E-state index in [0.717, 1.165) is 24.2 Å². The van der Waals surface area contributed by atoms with Gasteiger partial charge in [0.2, 0.25) is 0 Å². The summed E-state index contributed by atoms with van der Waals surface area (Å²) in [5.74, 6) is 0.241. The van der Waals surface area contributed by atoms with Gasteiger partial charge in [-0.05, 0) is 18.9 Å². The molecule has 0 atom stereocenters. The molecule has 0 unspecified atom stereocenters. The Morgan fingerprint density at radius 2 is 2.07 bits per heavy atom. The van der Waals surface area contributed by atoms with E-state index in [0.29, 0.717) is 13.0 Å². The maximum absolute atomic E-state index is 11.3. The van der Waals surface area contributed by atoms with Crippen LogP contribution in [0.25, 0.3) is 0 Å². The van der Waals surface area contributed by atoms with E-state index in [-0.39, 0.29) is 5.78 Å². The first kappa shape index (κ1) is 11.0. The van der Waals surface area contributed by atoms with Crippen LogP contribution in [-0.2, 0) is 24.2 Å². The minimum Gasteiger partial charge on any atom is -0.298 e. The Bertz CT molecular complexity index is 315. The van der Waals surface area contributed by atoms with Gasteiger partial charge in [-0.15, -0.1) is 0 Å². The molecule has 0 bridgehead atoms. The fourth-order valence-electron chi connectivity index (χ4n) is 1.39. The number of hydrogen-bond acceptors (Lipinski definition) is 2. The van der Waals surface area contributed by atoms with Gasteiger partial charge in [-0.2, -0.15) is 5.10 Å². The van der Waals surface area contributed by atoms with Crippen LogP contribution in [0.4, 0.5) is 0 Å². The maximum atomic E-state index is 11.3. The Hall–Kier alpha value is -1.12. The predicted molar refractivity (Wildman–Crippen MR) is 56.3 cm³/mol. The van der Waals surface area contributed by atoms with Crippen LogP contribution in [0.1, 0.15) is 38.6 Å². The van der Waals surface area contributed by atoms with Crippen molar-refractivity contribution in [3.05, 3.63) is 17.5 Å². The second kappa shape index (κ2) is 4.94. The molecule has 0 aliphatic heterocycles. The molecular formula is C11H18N2O. The second-order valence-electron chi connectivity index (χ2n) is 3.38. The molecule has 0 aromatic carbocycles. The standard InChI is InChI=1S/C11H18N2O/c1-4-9-7-10(5-2)13(12-9)8-11(14)6-3/h7H,4-6,8H2,1-3H3. The smallest absolute Gasteiger partial charge is 0.154 e. The topological polar surface area (TPSA) is 34.9 Å². The third-order valence-electron chi connectivity index (χ3n) is 2.36. The van der Waals surface area contributed by atoms with Gasteiger partial charge in [0.25, 0.3) is 0 Å². The van der Waals surface area contributed by atoms with Crippen LogP contribution < -0.4 is 0 Å². The minimum absolute atomic E-state index is 0.241. The zero-order valence-electron chi connectivity index (χ0n) is 9.21. The van der Waals surface area contributed by atoms with Crippen LogP contribution >= 0.6 is 0 Å². The van der Waals surface area contributed by atoms with Crippen molar-refractivity contribution in [2.24, 2.45) is 0 Å². The lowest BCUT2D eigenvalue weighted by atomic mass is 10.2. The number of Topliss-reactive ketones (excluding diaryl/α,β-unsaturated/α-hetero) is 1. The Morgan fingerprint density at radius 1 is 1.36 bits per heavy atom. The highest BCUT2D eigenvalue weighted by Gasteiger charge is 2.07. The molecule has 14 heavy (non-hydrogen) atoms. The first-order valence-corrected chi connectivity index (χ1v) is 5.28. The van der Waals surface area contributed by atoms with E-state index in [2.05, 4.69) is 25.0 Å². The molecule has 0 amide bonds. The SMILES string of the molecule is CCC(=O)Cn1nc(CC)cc1CC. The Morgan fingerprint density at radius 3 is 2.57 bits per heavy atom. The number of aryl methyl sites for hydroxylation is 2. The number of nitrogens with zero attached hydrogens (tertiary/aromatic N) is 2. The lowest BCUT2D eigenvalue weighted by Gasteiger charge is -2.02.